The zero-order chi connectivity index (χ0) is 25.1. The molecular formula is C24H24F4N2O4. The number of alkyl carbamates (subject to hydrolysis) is 1. The van der Waals surface area contributed by atoms with Crippen LogP contribution in [0.5, 0.6) is 0 Å². The normalized spacial score (nSPS) is 12.9. The van der Waals surface area contributed by atoms with Crippen molar-refractivity contribution in [3.05, 3.63) is 71.2 Å². The summed E-state index contributed by atoms with van der Waals surface area (Å²) in [6.45, 7) is 4.14. The topological polar surface area (TPSA) is 80.4 Å². The highest BCUT2D eigenvalue weighted by molar-refractivity contribution is 5.86. The van der Waals surface area contributed by atoms with Crippen molar-refractivity contribution in [2.75, 3.05) is 0 Å². The van der Waals surface area contributed by atoms with Crippen LogP contribution >= 0.6 is 0 Å². The van der Waals surface area contributed by atoms with Crippen molar-refractivity contribution in [2.24, 2.45) is 0 Å². The van der Waals surface area contributed by atoms with Gasteiger partial charge in [-0.1, -0.05) is 18.2 Å². The first-order valence-corrected chi connectivity index (χ1v) is 10.4. The van der Waals surface area contributed by atoms with Crippen LogP contribution < -0.4 is 5.32 Å². The van der Waals surface area contributed by atoms with Crippen molar-refractivity contribution in [3.63, 3.8) is 0 Å². The molecule has 1 heterocycles. The maximum Gasteiger partial charge on any atom is 0.416 e. The highest BCUT2D eigenvalue weighted by Crippen LogP contribution is 2.32. The molecule has 1 aromatic heterocycles. The molecule has 1 amide bonds. The fourth-order valence-electron chi connectivity index (χ4n) is 3.37. The number of alkyl halides is 3. The van der Waals surface area contributed by atoms with E-state index in [4.69, 9.17) is 9.47 Å². The number of ether oxygens (including phenoxy) is 2. The summed E-state index contributed by atoms with van der Waals surface area (Å²) in [5, 5.41) is 3.19. The van der Waals surface area contributed by atoms with Crippen molar-refractivity contribution < 1.29 is 36.6 Å². The number of carbonyl (C=O) groups is 2. The van der Waals surface area contributed by atoms with E-state index >= 15 is 0 Å². The summed E-state index contributed by atoms with van der Waals surface area (Å²) >= 11 is 0. The second-order valence-corrected chi connectivity index (χ2v) is 8.67. The Hall–Kier alpha value is -3.56. The van der Waals surface area contributed by atoms with Crippen molar-refractivity contribution >= 4 is 23.0 Å². The highest BCUT2D eigenvalue weighted by Gasteiger charge is 2.34. The molecule has 0 bridgehead atoms. The standard InChI is InChI=1S/C24H24F4N2O4/c1-23(2,3)34-21(31)20(11-14-12-29-19-7-5-4-6-17(14)19)30-22(32)33-13-15-10-16(25)8-9-18(15)24(26,27)28/h4-10,12,20,29H,11,13H2,1-3H3,(H,30,32). The second-order valence-electron chi connectivity index (χ2n) is 8.67. The Balaban J connectivity index is 1.76. The van der Waals surface area contributed by atoms with Gasteiger partial charge in [0, 0.05) is 29.1 Å². The number of hydrogen-bond acceptors (Lipinski definition) is 4. The maximum absolute atomic E-state index is 13.5. The molecule has 182 valence electrons. The van der Waals surface area contributed by atoms with Gasteiger partial charge in [-0.05, 0) is 50.6 Å². The van der Waals surface area contributed by atoms with Crippen LogP contribution in [0.4, 0.5) is 22.4 Å². The number of para-hydroxylation sites is 1. The lowest BCUT2D eigenvalue weighted by Crippen LogP contribution is -2.45. The molecule has 0 aliphatic heterocycles. The Labute approximate surface area is 193 Å². The van der Waals surface area contributed by atoms with E-state index in [9.17, 15) is 27.2 Å². The predicted molar refractivity (Wildman–Crippen MR) is 116 cm³/mol. The van der Waals surface area contributed by atoms with Crippen LogP contribution in [0.3, 0.4) is 0 Å². The monoisotopic (exact) mass is 480 g/mol. The summed E-state index contributed by atoms with van der Waals surface area (Å²) in [6, 6.07) is 8.06. The molecule has 0 spiro atoms. The summed E-state index contributed by atoms with van der Waals surface area (Å²) in [4.78, 5) is 28.2. The van der Waals surface area contributed by atoms with E-state index in [0.29, 0.717) is 18.2 Å². The second kappa shape index (κ2) is 9.74. The number of esters is 1. The summed E-state index contributed by atoms with van der Waals surface area (Å²) in [6.07, 6.45) is -4.16. The fraction of sp³-hybridized carbons (Fsp3) is 0.333. The molecule has 0 aliphatic carbocycles. The lowest BCUT2D eigenvalue weighted by molar-refractivity contribution is -0.157. The third kappa shape index (κ3) is 6.49. The zero-order valence-electron chi connectivity index (χ0n) is 18.8. The van der Waals surface area contributed by atoms with E-state index in [1.165, 1.54) is 0 Å². The van der Waals surface area contributed by atoms with Gasteiger partial charge in [-0.2, -0.15) is 13.2 Å². The predicted octanol–water partition coefficient (Wildman–Crippen LogP) is 5.51. The number of aromatic nitrogens is 1. The van der Waals surface area contributed by atoms with Crippen molar-refractivity contribution in [3.8, 4) is 0 Å². The van der Waals surface area contributed by atoms with Gasteiger partial charge < -0.3 is 19.8 Å². The van der Waals surface area contributed by atoms with Gasteiger partial charge in [0.1, 0.15) is 24.1 Å². The SMILES string of the molecule is CC(C)(C)OC(=O)C(Cc1c[nH]c2ccccc12)NC(=O)OCc1cc(F)ccc1C(F)(F)F. The molecule has 0 fully saturated rings. The average Bonchev–Trinajstić information content (AvgIpc) is 3.12. The van der Waals surface area contributed by atoms with E-state index < -0.39 is 53.4 Å². The molecule has 1 unspecified atom stereocenters. The van der Waals surface area contributed by atoms with E-state index in [1.54, 1.807) is 27.0 Å². The van der Waals surface area contributed by atoms with Crippen LogP contribution in [0, 0.1) is 5.82 Å². The fourth-order valence-corrected chi connectivity index (χ4v) is 3.37. The molecule has 0 saturated heterocycles. The maximum atomic E-state index is 13.5. The third-order valence-corrected chi connectivity index (χ3v) is 4.81. The molecule has 0 saturated carbocycles. The number of H-pyrrole nitrogens is 1. The number of benzene rings is 2. The quantitative estimate of drug-likeness (QED) is 0.360. The number of carbonyl (C=O) groups excluding carboxylic acids is 2. The van der Waals surface area contributed by atoms with Gasteiger partial charge in [0.25, 0.3) is 0 Å². The molecule has 0 aliphatic rings. The van der Waals surface area contributed by atoms with Gasteiger partial charge in [0.15, 0.2) is 0 Å². The van der Waals surface area contributed by atoms with E-state index in [0.717, 1.165) is 16.5 Å². The molecule has 2 N–H and O–H groups in total. The molecule has 2 aromatic carbocycles. The van der Waals surface area contributed by atoms with Gasteiger partial charge in [-0.25, -0.2) is 14.0 Å². The minimum atomic E-state index is -4.75. The smallest absolute Gasteiger partial charge is 0.416 e. The van der Waals surface area contributed by atoms with Gasteiger partial charge >= 0.3 is 18.2 Å². The highest BCUT2D eigenvalue weighted by atomic mass is 19.4. The first-order valence-electron chi connectivity index (χ1n) is 10.4. The van der Waals surface area contributed by atoms with Gasteiger partial charge in [0.2, 0.25) is 0 Å². The van der Waals surface area contributed by atoms with Crippen LogP contribution in [0.15, 0.2) is 48.7 Å². The number of nitrogens with one attached hydrogen (secondary N) is 2. The number of hydrogen-bond donors (Lipinski definition) is 2. The van der Waals surface area contributed by atoms with E-state index in [1.807, 2.05) is 24.3 Å². The Morgan fingerprint density at radius 1 is 1.06 bits per heavy atom. The number of halogens is 4. The summed E-state index contributed by atoms with van der Waals surface area (Å²) in [5.74, 6) is -1.64. The minimum absolute atomic E-state index is 0.0434. The first-order chi connectivity index (χ1) is 15.8. The zero-order valence-corrected chi connectivity index (χ0v) is 18.8. The lowest BCUT2D eigenvalue weighted by atomic mass is 10.0. The molecule has 3 rings (SSSR count). The molecule has 10 heteroatoms. The van der Waals surface area contributed by atoms with Gasteiger partial charge in [-0.3, -0.25) is 0 Å². The number of rotatable bonds is 6. The first kappa shape index (κ1) is 25.1. The molecule has 6 nitrogen and oxygen atoms in total. The van der Waals surface area contributed by atoms with Crippen LogP contribution in [0.1, 0.15) is 37.5 Å². The number of aromatic amines is 1. The number of amides is 1. The van der Waals surface area contributed by atoms with Crippen LogP contribution in [-0.2, 0) is 33.5 Å². The largest absolute Gasteiger partial charge is 0.458 e. The molecule has 34 heavy (non-hydrogen) atoms. The van der Waals surface area contributed by atoms with Crippen molar-refractivity contribution in [2.45, 2.75) is 51.6 Å². The molecule has 0 radical (unpaired) electrons. The molecule has 1 atom stereocenters. The summed E-state index contributed by atoms with van der Waals surface area (Å²) < 4.78 is 63.3. The van der Waals surface area contributed by atoms with Crippen molar-refractivity contribution in [1.29, 1.82) is 0 Å². The van der Waals surface area contributed by atoms with Gasteiger partial charge in [0.05, 0.1) is 5.56 Å². The minimum Gasteiger partial charge on any atom is -0.458 e. The van der Waals surface area contributed by atoms with Gasteiger partial charge in [-0.15, -0.1) is 0 Å². The van der Waals surface area contributed by atoms with E-state index in [2.05, 4.69) is 10.3 Å². The Morgan fingerprint density at radius 3 is 2.44 bits per heavy atom. The molecular weight excluding hydrogens is 456 g/mol. The average molecular weight is 480 g/mol. The molecule has 3 aromatic rings. The van der Waals surface area contributed by atoms with Crippen LogP contribution in [-0.4, -0.2) is 28.7 Å². The summed E-state index contributed by atoms with van der Waals surface area (Å²) in [5.41, 5.74) is -0.966. The lowest BCUT2D eigenvalue weighted by Gasteiger charge is -2.24. The Kier molecular flexibility index (Phi) is 7.18. The van der Waals surface area contributed by atoms with Crippen LogP contribution in [0.25, 0.3) is 10.9 Å². The number of fused-ring (bicyclic) bond motifs is 1. The third-order valence-electron chi connectivity index (χ3n) is 4.81. The Morgan fingerprint density at radius 2 is 1.76 bits per heavy atom. The summed E-state index contributed by atoms with van der Waals surface area (Å²) in [7, 11) is 0. The van der Waals surface area contributed by atoms with E-state index in [-0.39, 0.29) is 6.42 Å². The van der Waals surface area contributed by atoms with Crippen molar-refractivity contribution in [1.82, 2.24) is 10.3 Å². The Bertz CT molecular complexity index is 1180. The van der Waals surface area contributed by atoms with Crippen LogP contribution in [0.2, 0.25) is 0 Å².